The normalized spacial score (nSPS) is 12.5. The highest BCUT2D eigenvalue weighted by molar-refractivity contribution is 5.72. The molecular formula is C32H57FN2O2. The number of amides is 1. The third-order valence-corrected chi connectivity index (χ3v) is 5.14. The van der Waals surface area contributed by atoms with Crippen molar-refractivity contribution in [3.05, 3.63) is 65.0 Å². The van der Waals surface area contributed by atoms with Crippen LogP contribution in [0.2, 0.25) is 0 Å². The summed E-state index contributed by atoms with van der Waals surface area (Å²) in [7, 11) is 0. The lowest BCUT2D eigenvalue weighted by atomic mass is 9.84. The van der Waals surface area contributed by atoms with E-state index in [-0.39, 0.29) is 17.2 Å². The molecule has 5 heteroatoms. The lowest BCUT2D eigenvalue weighted by Gasteiger charge is -2.28. The van der Waals surface area contributed by atoms with E-state index in [1.54, 1.807) is 6.92 Å². The van der Waals surface area contributed by atoms with Crippen LogP contribution in [0.15, 0.2) is 42.5 Å². The van der Waals surface area contributed by atoms with E-state index in [1.807, 2.05) is 34.6 Å². The second-order valence-electron chi connectivity index (χ2n) is 9.03. The van der Waals surface area contributed by atoms with Crippen LogP contribution >= 0.6 is 0 Å². The highest BCUT2D eigenvalue weighted by atomic mass is 19.1. The SMILES string of the molecule is CC.CC.CC1(N)CCCCC1.CCCNC(C)=O.CCc1cccc(C)c1.Cc1cc(O)cc(F)c1. The van der Waals surface area contributed by atoms with Gasteiger partial charge in [0.1, 0.15) is 11.6 Å². The zero-order chi connectivity index (χ0) is 29.3. The van der Waals surface area contributed by atoms with Crippen molar-refractivity contribution in [2.75, 3.05) is 6.54 Å². The van der Waals surface area contributed by atoms with E-state index in [2.05, 4.69) is 50.4 Å². The fraction of sp³-hybridized carbons (Fsp3) is 0.594. The van der Waals surface area contributed by atoms with Gasteiger partial charge in [0.15, 0.2) is 0 Å². The molecule has 0 radical (unpaired) electrons. The Morgan fingerprint density at radius 2 is 1.54 bits per heavy atom. The number of hydrogen-bond acceptors (Lipinski definition) is 3. The van der Waals surface area contributed by atoms with E-state index in [1.165, 1.54) is 62.3 Å². The number of carbonyl (C=O) groups is 1. The molecule has 0 atom stereocenters. The van der Waals surface area contributed by atoms with Crippen molar-refractivity contribution >= 4 is 5.91 Å². The number of hydrogen-bond donors (Lipinski definition) is 3. The molecule has 3 rings (SSSR count). The zero-order valence-electron chi connectivity index (χ0n) is 25.5. The van der Waals surface area contributed by atoms with Gasteiger partial charge in [0.2, 0.25) is 5.91 Å². The number of nitrogens with one attached hydrogen (secondary N) is 1. The van der Waals surface area contributed by atoms with Crippen LogP contribution < -0.4 is 11.1 Å². The molecule has 4 nitrogen and oxygen atoms in total. The predicted octanol–water partition coefficient (Wildman–Crippen LogP) is 8.65. The monoisotopic (exact) mass is 520 g/mol. The summed E-state index contributed by atoms with van der Waals surface area (Å²) in [6.07, 6.45) is 8.69. The number of phenols is 1. The number of aromatic hydroxyl groups is 1. The topological polar surface area (TPSA) is 75.3 Å². The van der Waals surface area contributed by atoms with Gasteiger partial charge in [0.25, 0.3) is 0 Å². The van der Waals surface area contributed by atoms with Gasteiger partial charge in [-0.15, -0.1) is 0 Å². The van der Waals surface area contributed by atoms with Crippen LogP contribution in [0.1, 0.15) is 111 Å². The van der Waals surface area contributed by atoms with Crippen LogP contribution in [0.25, 0.3) is 0 Å². The summed E-state index contributed by atoms with van der Waals surface area (Å²) >= 11 is 0. The van der Waals surface area contributed by atoms with Gasteiger partial charge < -0.3 is 16.2 Å². The van der Waals surface area contributed by atoms with E-state index in [0.29, 0.717) is 0 Å². The molecular weight excluding hydrogens is 463 g/mol. The molecule has 1 aliphatic carbocycles. The highest BCUT2D eigenvalue weighted by Crippen LogP contribution is 2.24. The molecule has 0 saturated heterocycles. The van der Waals surface area contributed by atoms with Gasteiger partial charge in [0.05, 0.1) is 0 Å². The Hall–Kier alpha value is -2.40. The first kappa shape index (κ1) is 39.1. The molecule has 0 unspecified atom stereocenters. The molecule has 0 heterocycles. The molecule has 2 aromatic carbocycles. The number of nitrogens with two attached hydrogens (primary N) is 1. The van der Waals surface area contributed by atoms with Crippen LogP contribution in [0.5, 0.6) is 5.75 Å². The second-order valence-corrected chi connectivity index (χ2v) is 9.03. The van der Waals surface area contributed by atoms with Crippen molar-refractivity contribution in [1.82, 2.24) is 5.32 Å². The number of rotatable bonds is 3. The van der Waals surface area contributed by atoms with Crippen molar-refractivity contribution in [2.45, 2.75) is 120 Å². The fourth-order valence-electron chi connectivity index (χ4n) is 3.31. The maximum absolute atomic E-state index is 12.3. The summed E-state index contributed by atoms with van der Waals surface area (Å²) in [5.74, 6) is -0.359. The first-order chi connectivity index (χ1) is 17.5. The number of carbonyl (C=O) groups excluding carboxylic acids is 1. The van der Waals surface area contributed by atoms with E-state index in [4.69, 9.17) is 10.8 Å². The summed E-state index contributed by atoms with van der Waals surface area (Å²) in [5.41, 5.74) is 9.57. The lowest BCUT2D eigenvalue weighted by molar-refractivity contribution is -0.118. The fourth-order valence-corrected chi connectivity index (χ4v) is 3.31. The molecule has 4 N–H and O–H groups in total. The van der Waals surface area contributed by atoms with Crippen LogP contribution in [-0.2, 0) is 11.2 Å². The Balaban J connectivity index is -0.000000400. The molecule has 1 saturated carbocycles. The smallest absolute Gasteiger partial charge is 0.216 e. The van der Waals surface area contributed by atoms with Crippen molar-refractivity contribution in [2.24, 2.45) is 5.73 Å². The number of aryl methyl sites for hydroxylation is 3. The van der Waals surface area contributed by atoms with Gasteiger partial charge in [0, 0.05) is 25.1 Å². The number of phenolic OH excluding ortho intramolecular Hbond substituents is 1. The van der Waals surface area contributed by atoms with E-state index in [9.17, 15) is 9.18 Å². The maximum Gasteiger partial charge on any atom is 0.216 e. The van der Waals surface area contributed by atoms with Gasteiger partial charge in [-0.2, -0.15) is 0 Å². The minimum atomic E-state index is -0.396. The zero-order valence-corrected chi connectivity index (χ0v) is 25.5. The van der Waals surface area contributed by atoms with Gasteiger partial charge in [-0.1, -0.05) is 90.6 Å². The first-order valence-electron chi connectivity index (χ1n) is 14.0. The van der Waals surface area contributed by atoms with E-state index >= 15 is 0 Å². The Labute approximate surface area is 228 Å². The van der Waals surface area contributed by atoms with Crippen molar-refractivity contribution < 1.29 is 14.3 Å². The van der Waals surface area contributed by atoms with Crippen molar-refractivity contribution in [3.8, 4) is 5.75 Å². The molecule has 37 heavy (non-hydrogen) atoms. The molecule has 2 aromatic rings. The Morgan fingerprint density at radius 1 is 0.973 bits per heavy atom. The summed E-state index contributed by atoms with van der Waals surface area (Å²) in [4.78, 5) is 10.1. The Morgan fingerprint density at radius 3 is 1.84 bits per heavy atom. The van der Waals surface area contributed by atoms with E-state index < -0.39 is 5.82 Å². The number of halogens is 1. The van der Waals surface area contributed by atoms with Gasteiger partial charge in [-0.05, 0) is 69.7 Å². The van der Waals surface area contributed by atoms with E-state index in [0.717, 1.165) is 31.0 Å². The molecule has 214 valence electrons. The molecule has 1 fully saturated rings. The van der Waals surface area contributed by atoms with Crippen LogP contribution in [0, 0.1) is 19.7 Å². The summed E-state index contributed by atoms with van der Waals surface area (Å²) in [6.45, 7) is 20.5. The maximum atomic E-state index is 12.3. The summed E-state index contributed by atoms with van der Waals surface area (Å²) < 4.78 is 12.3. The van der Waals surface area contributed by atoms with Gasteiger partial charge in [-0.3, -0.25) is 4.79 Å². The average molecular weight is 521 g/mol. The molecule has 1 aliphatic rings. The third kappa shape index (κ3) is 26.5. The average Bonchev–Trinajstić information content (AvgIpc) is 2.85. The Kier molecular flexibility index (Phi) is 26.7. The van der Waals surface area contributed by atoms with Gasteiger partial charge in [-0.25, -0.2) is 4.39 Å². The minimum Gasteiger partial charge on any atom is -0.508 e. The van der Waals surface area contributed by atoms with Gasteiger partial charge >= 0.3 is 0 Å². The quantitative estimate of drug-likeness (QED) is 0.379. The first-order valence-corrected chi connectivity index (χ1v) is 14.0. The summed E-state index contributed by atoms with van der Waals surface area (Å²) in [5, 5.41) is 11.4. The summed E-state index contributed by atoms with van der Waals surface area (Å²) in [6, 6.07) is 12.6. The molecule has 1 amide bonds. The van der Waals surface area contributed by atoms with Crippen LogP contribution in [0.4, 0.5) is 4.39 Å². The molecule has 0 spiro atoms. The van der Waals surface area contributed by atoms with Crippen LogP contribution in [-0.4, -0.2) is 23.1 Å². The molecule has 0 aromatic heterocycles. The molecule has 0 aliphatic heterocycles. The predicted molar refractivity (Wildman–Crippen MR) is 161 cm³/mol. The third-order valence-electron chi connectivity index (χ3n) is 5.14. The second kappa shape index (κ2) is 25.3. The Bertz CT molecular complexity index is 749. The number of benzene rings is 2. The van der Waals surface area contributed by atoms with Crippen molar-refractivity contribution in [3.63, 3.8) is 0 Å². The highest BCUT2D eigenvalue weighted by Gasteiger charge is 2.20. The van der Waals surface area contributed by atoms with Crippen LogP contribution in [0.3, 0.4) is 0 Å². The standard InChI is InChI=1S/C9H12.C7H7FO.C7H15N.C5H11NO.2C2H6/c1-3-9-6-4-5-8(2)7-9;1-5-2-6(8)4-7(9)3-5;1-7(8)5-3-2-4-6-7;1-3-4-6-5(2)7;2*1-2/h4-7H,3H2,1-2H3;2-4,9H,1H3;2-6,8H2,1H3;3-4H2,1-2H3,(H,6,7);2*1-2H3. The lowest BCUT2D eigenvalue weighted by Crippen LogP contribution is -2.37. The largest absolute Gasteiger partial charge is 0.508 e. The van der Waals surface area contributed by atoms with Crippen molar-refractivity contribution in [1.29, 1.82) is 0 Å². The minimum absolute atomic E-state index is 0.0208. The molecule has 0 bridgehead atoms.